The minimum absolute atomic E-state index is 0.778. The Hall–Kier alpha value is -1.97. The molecule has 19 heavy (non-hydrogen) atoms. The van der Waals surface area contributed by atoms with E-state index in [1.165, 1.54) is 0 Å². The molecule has 2 heterocycles. The van der Waals surface area contributed by atoms with Crippen LogP contribution < -0.4 is 5.32 Å². The second-order valence-electron chi connectivity index (χ2n) is 4.71. The van der Waals surface area contributed by atoms with Gasteiger partial charge in [0.15, 0.2) is 0 Å². The average Bonchev–Trinajstić information content (AvgIpc) is 2.40. The summed E-state index contributed by atoms with van der Waals surface area (Å²) in [5.74, 6) is 1.70. The van der Waals surface area contributed by atoms with Gasteiger partial charge in [-0.3, -0.25) is 4.98 Å². The molecule has 0 bridgehead atoms. The third-order valence-corrected chi connectivity index (χ3v) is 2.98. The summed E-state index contributed by atoms with van der Waals surface area (Å²) in [6, 6.07) is 4.06. The Morgan fingerprint density at radius 1 is 1.11 bits per heavy atom. The van der Waals surface area contributed by atoms with Crippen LogP contribution in [0.1, 0.15) is 30.4 Å². The third-order valence-electron chi connectivity index (χ3n) is 2.98. The van der Waals surface area contributed by atoms with Crippen LogP contribution >= 0.6 is 0 Å². The van der Waals surface area contributed by atoms with Crippen LogP contribution in [0.2, 0.25) is 0 Å². The first-order chi connectivity index (χ1) is 9.11. The lowest BCUT2D eigenvalue weighted by Crippen LogP contribution is -2.07. The highest BCUT2D eigenvalue weighted by atomic mass is 15.0. The Bertz CT molecular complexity index is 561. The molecule has 4 nitrogen and oxygen atoms in total. The van der Waals surface area contributed by atoms with Crippen LogP contribution in [0.4, 0.5) is 5.82 Å². The van der Waals surface area contributed by atoms with Gasteiger partial charge in [0.2, 0.25) is 0 Å². The fraction of sp³-hybridized carbons (Fsp3) is 0.400. The standard InChI is InChI=1S/C15H20N4/c1-5-8-16-15-11(3)14(18-12(4)19-15)13-7-6-10(2)17-9-13/h6-7,9H,5,8H2,1-4H3,(H,16,18,19). The molecule has 0 amide bonds. The third kappa shape index (κ3) is 3.08. The highest BCUT2D eigenvalue weighted by Gasteiger charge is 2.10. The van der Waals surface area contributed by atoms with Gasteiger partial charge in [-0.15, -0.1) is 0 Å². The predicted octanol–water partition coefficient (Wildman–Crippen LogP) is 3.29. The SMILES string of the molecule is CCCNc1nc(C)nc(-c2ccc(C)nc2)c1C. The van der Waals surface area contributed by atoms with E-state index in [1.54, 1.807) is 0 Å². The highest BCUT2D eigenvalue weighted by Crippen LogP contribution is 2.25. The maximum atomic E-state index is 4.55. The Kier molecular flexibility index (Phi) is 4.10. The first kappa shape index (κ1) is 13.5. The van der Waals surface area contributed by atoms with Crippen LogP contribution in [-0.4, -0.2) is 21.5 Å². The topological polar surface area (TPSA) is 50.7 Å². The summed E-state index contributed by atoms with van der Waals surface area (Å²) in [5, 5.41) is 3.35. The Labute approximate surface area is 114 Å². The number of aryl methyl sites for hydroxylation is 2. The van der Waals surface area contributed by atoms with Crippen molar-refractivity contribution in [3.8, 4) is 11.3 Å². The number of aromatic nitrogens is 3. The van der Waals surface area contributed by atoms with E-state index in [2.05, 4.69) is 33.3 Å². The molecule has 2 aromatic rings. The molecule has 0 fully saturated rings. The van der Waals surface area contributed by atoms with Crippen molar-refractivity contribution in [2.24, 2.45) is 0 Å². The molecule has 2 rings (SSSR count). The maximum Gasteiger partial charge on any atom is 0.133 e. The molecule has 0 aliphatic carbocycles. The van der Waals surface area contributed by atoms with Crippen LogP contribution in [0.15, 0.2) is 18.3 Å². The molecule has 0 saturated heterocycles. The first-order valence-electron chi connectivity index (χ1n) is 6.64. The molecule has 0 atom stereocenters. The molecule has 4 heteroatoms. The number of pyridine rings is 1. The zero-order valence-corrected chi connectivity index (χ0v) is 12.0. The Morgan fingerprint density at radius 3 is 2.53 bits per heavy atom. The first-order valence-corrected chi connectivity index (χ1v) is 6.64. The zero-order chi connectivity index (χ0) is 13.8. The van der Waals surface area contributed by atoms with Gasteiger partial charge in [0.05, 0.1) is 5.69 Å². The number of rotatable bonds is 4. The van der Waals surface area contributed by atoms with Crippen LogP contribution in [0.3, 0.4) is 0 Å². The van der Waals surface area contributed by atoms with Gasteiger partial charge in [0.1, 0.15) is 11.6 Å². The molecule has 0 aliphatic rings. The molecule has 0 saturated carbocycles. The van der Waals surface area contributed by atoms with Crippen molar-refractivity contribution in [1.29, 1.82) is 0 Å². The van der Waals surface area contributed by atoms with Crippen LogP contribution in [0, 0.1) is 20.8 Å². The van der Waals surface area contributed by atoms with Crippen molar-refractivity contribution >= 4 is 5.82 Å². The zero-order valence-electron chi connectivity index (χ0n) is 12.0. The van der Waals surface area contributed by atoms with Gasteiger partial charge in [-0.1, -0.05) is 6.92 Å². The monoisotopic (exact) mass is 256 g/mol. The van der Waals surface area contributed by atoms with E-state index in [-0.39, 0.29) is 0 Å². The minimum Gasteiger partial charge on any atom is -0.370 e. The van der Waals surface area contributed by atoms with E-state index < -0.39 is 0 Å². The largest absolute Gasteiger partial charge is 0.370 e. The molecular weight excluding hydrogens is 236 g/mol. The predicted molar refractivity (Wildman–Crippen MR) is 78.3 cm³/mol. The van der Waals surface area contributed by atoms with Crippen LogP contribution in [0.25, 0.3) is 11.3 Å². The molecule has 0 radical (unpaired) electrons. The van der Waals surface area contributed by atoms with E-state index in [4.69, 9.17) is 0 Å². The molecule has 2 aromatic heterocycles. The molecule has 0 aromatic carbocycles. The second-order valence-corrected chi connectivity index (χ2v) is 4.71. The van der Waals surface area contributed by atoms with Gasteiger partial charge in [0.25, 0.3) is 0 Å². The molecule has 100 valence electrons. The summed E-state index contributed by atoms with van der Waals surface area (Å²) in [6.07, 6.45) is 2.94. The van der Waals surface area contributed by atoms with Gasteiger partial charge >= 0.3 is 0 Å². The fourth-order valence-corrected chi connectivity index (χ4v) is 1.93. The highest BCUT2D eigenvalue weighted by molar-refractivity contribution is 5.67. The number of hydrogen-bond donors (Lipinski definition) is 1. The van der Waals surface area contributed by atoms with Gasteiger partial charge < -0.3 is 5.32 Å². The normalized spacial score (nSPS) is 10.5. The van der Waals surface area contributed by atoms with Gasteiger partial charge in [-0.05, 0) is 39.3 Å². The molecule has 1 N–H and O–H groups in total. The molecular formula is C15H20N4. The smallest absolute Gasteiger partial charge is 0.133 e. The maximum absolute atomic E-state index is 4.55. The van der Waals surface area contributed by atoms with Gasteiger partial charge in [0, 0.05) is 29.6 Å². The lowest BCUT2D eigenvalue weighted by Gasteiger charge is -2.12. The van der Waals surface area contributed by atoms with Gasteiger partial charge in [-0.25, -0.2) is 9.97 Å². The average molecular weight is 256 g/mol. The lowest BCUT2D eigenvalue weighted by molar-refractivity contribution is 0.947. The van der Waals surface area contributed by atoms with Crippen molar-refractivity contribution in [2.45, 2.75) is 34.1 Å². The van der Waals surface area contributed by atoms with Crippen molar-refractivity contribution in [2.75, 3.05) is 11.9 Å². The summed E-state index contributed by atoms with van der Waals surface area (Å²) in [6.45, 7) is 9.01. The molecule has 0 unspecified atom stereocenters. The van der Waals surface area contributed by atoms with Gasteiger partial charge in [-0.2, -0.15) is 0 Å². The Morgan fingerprint density at radius 2 is 1.89 bits per heavy atom. The number of nitrogens with one attached hydrogen (secondary N) is 1. The quantitative estimate of drug-likeness (QED) is 0.912. The van der Waals surface area contributed by atoms with Crippen LogP contribution in [-0.2, 0) is 0 Å². The number of hydrogen-bond acceptors (Lipinski definition) is 4. The van der Waals surface area contributed by atoms with E-state index >= 15 is 0 Å². The summed E-state index contributed by atoms with van der Waals surface area (Å²) < 4.78 is 0. The van der Waals surface area contributed by atoms with Crippen LogP contribution in [0.5, 0.6) is 0 Å². The molecule has 0 aliphatic heterocycles. The van der Waals surface area contributed by atoms with Crippen molar-refractivity contribution in [3.63, 3.8) is 0 Å². The fourth-order valence-electron chi connectivity index (χ4n) is 1.93. The van der Waals surface area contributed by atoms with E-state index in [0.717, 1.165) is 47.1 Å². The number of anilines is 1. The van der Waals surface area contributed by atoms with E-state index in [9.17, 15) is 0 Å². The summed E-state index contributed by atoms with van der Waals surface area (Å²) in [4.78, 5) is 13.4. The van der Waals surface area contributed by atoms with E-state index in [1.807, 2.05) is 33.0 Å². The minimum atomic E-state index is 0.778. The van der Waals surface area contributed by atoms with Crippen molar-refractivity contribution in [1.82, 2.24) is 15.0 Å². The number of nitrogens with zero attached hydrogens (tertiary/aromatic N) is 3. The Balaban J connectivity index is 2.45. The van der Waals surface area contributed by atoms with E-state index in [0.29, 0.717) is 0 Å². The van der Waals surface area contributed by atoms with Crippen molar-refractivity contribution < 1.29 is 0 Å². The summed E-state index contributed by atoms with van der Waals surface area (Å²) in [7, 11) is 0. The van der Waals surface area contributed by atoms with Crippen molar-refractivity contribution in [3.05, 3.63) is 35.4 Å². The summed E-state index contributed by atoms with van der Waals surface area (Å²) in [5.41, 5.74) is 4.08. The lowest BCUT2D eigenvalue weighted by atomic mass is 10.1. The molecule has 0 spiro atoms. The summed E-state index contributed by atoms with van der Waals surface area (Å²) >= 11 is 0. The second kappa shape index (κ2) is 5.78.